The van der Waals surface area contributed by atoms with E-state index in [4.69, 9.17) is 14.9 Å². The van der Waals surface area contributed by atoms with Gasteiger partial charge in [0.2, 0.25) is 0 Å². The van der Waals surface area contributed by atoms with Gasteiger partial charge in [-0.2, -0.15) is 0 Å². The van der Waals surface area contributed by atoms with Crippen molar-refractivity contribution in [2.75, 3.05) is 0 Å². The van der Waals surface area contributed by atoms with Crippen molar-refractivity contribution in [2.24, 2.45) is 5.73 Å². The summed E-state index contributed by atoms with van der Waals surface area (Å²) in [6.45, 7) is 3.79. The van der Waals surface area contributed by atoms with E-state index < -0.39 is 6.04 Å². The molecule has 25 heavy (non-hydrogen) atoms. The van der Waals surface area contributed by atoms with Gasteiger partial charge in [-0.25, -0.2) is 0 Å². The summed E-state index contributed by atoms with van der Waals surface area (Å²) in [4.78, 5) is 24.4. The van der Waals surface area contributed by atoms with Crippen molar-refractivity contribution < 1.29 is 18.7 Å². The van der Waals surface area contributed by atoms with Crippen LogP contribution in [0, 0.1) is 0 Å². The van der Waals surface area contributed by atoms with Crippen LogP contribution in [0.1, 0.15) is 48.0 Å². The molecule has 1 aromatic heterocycles. The summed E-state index contributed by atoms with van der Waals surface area (Å²) in [6.07, 6.45) is 1.20. The lowest BCUT2D eigenvalue weighted by molar-refractivity contribution is -0.147. The lowest BCUT2D eigenvalue weighted by Crippen LogP contribution is -2.30. The molecule has 0 radical (unpaired) electrons. The summed E-state index contributed by atoms with van der Waals surface area (Å²) in [7, 11) is 0. The zero-order chi connectivity index (χ0) is 17.5. The minimum Gasteiger partial charge on any atom is -0.467 e. The van der Waals surface area contributed by atoms with Gasteiger partial charge in [-0.05, 0) is 25.5 Å². The van der Waals surface area contributed by atoms with Gasteiger partial charge < -0.3 is 20.2 Å². The molecule has 0 aliphatic carbocycles. The van der Waals surface area contributed by atoms with Crippen LogP contribution in [0.3, 0.4) is 0 Å². The molecule has 0 bridgehead atoms. The molecule has 0 saturated carbocycles. The van der Waals surface area contributed by atoms with Crippen LogP contribution in [0.5, 0.6) is 0 Å². The van der Waals surface area contributed by atoms with Gasteiger partial charge in [-0.3, -0.25) is 9.59 Å². The van der Waals surface area contributed by atoms with Crippen LogP contribution in [0.25, 0.3) is 0 Å². The Labute approximate surface area is 153 Å². The molecule has 6 nitrogen and oxygen atoms in total. The average molecular weight is 367 g/mol. The molecular weight excluding hydrogens is 344 g/mol. The van der Waals surface area contributed by atoms with E-state index in [9.17, 15) is 9.59 Å². The van der Waals surface area contributed by atoms with Crippen molar-refractivity contribution in [3.8, 4) is 0 Å². The van der Waals surface area contributed by atoms with E-state index in [-0.39, 0.29) is 43.4 Å². The number of esters is 1. The molecule has 2 rings (SSSR count). The SMILES string of the molecule is CC(C)OC(=O)CC(NC(=O)c1coc(CN)c1)c1ccccc1.Cl. The topological polar surface area (TPSA) is 94.6 Å². The van der Waals surface area contributed by atoms with Crippen molar-refractivity contribution >= 4 is 24.3 Å². The van der Waals surface area contributed by atoms with Gasteiger partial charge in [-0.15, -0.1) is 12.4 Å². The highest BCUT2D eigenvalue weighted by atomic mass is 35.5. The number of carbonyl (C=O) groups excluding carboxylic acids is 2. The van der Waals surface area contributed by atoms with E-state index in [1.165, 1.54) is 6.26 Å². The maximum absolute atomic E-state index is 12.4. The van der Waals surface area contributed by atoms with Crippen LogP contribution in [-0.4, -0.2) is 18.0 Å². The summed E-state index contributed by atoms with van der Waals surface area (Å²) in [5.41, 5.74) is 6.68. The summed E-state index contributed by atoms with van der Waals surface area (Å²) < 4.78 is 10.4. The number of nitrogens with two attached hydrogens (primary N) is 1. The molecule has 0 aliphatic rings. The fourth-order valence-corrected chi connectivity index (χ4v) is 2.26. The number of carbonyl (C=O) groups is 2. The normalized spacial score (nSPS) is 11.5. The Morgan fingerprint density at radius 1 is 1.24 bits per heavy atom. The number of nitrogens with one attached hydrogen (secondary N) is 1. The van der Waals surface area contributed by atoms with E-state index >= 15 is 0 Å². The molecule has 1 atom stereocenters. The fourth-order valence-electron chi connectivity index (χ4n) is 2.26. The van der Waals surface area contributed by atoms with E-state index in [1.807, 2.05) is 30.3 Å². The van der Waals surface area contributed by atoms with Gasteiger partial charge in [0, 0.05) is 0 Å². The molecule has 0 aliphatic heterocycles. The van der Waals surface area contributed by atoms with Crippen molar-refractivity contribution in [2.45, 2.75) is 39.0 Å². The summed E-state index contributed by atoms with van der Waals surface area (Å²) >= 11 is 0. The smallest absolute Gasteiger partial charge is 0.308 e. The quantitative estimate of drug-likeness (QED) is 0.734. The van der Waals surface area contributed by atoms with Crippen molar-refractivity contribution in [1.29, 1.82) is 0 Å². The predicted molar refractivity (Wildman–Crippen MR) is 96.3 cm³/mol. The number of amides is 1. The molecule has 136 valence electrons. The molecule has 1 heterocycles. The largest absolute Gasteiger partial charge is 0.467 e. The molecule has 1 aromatic carbocycles. The Bertz CT molecular complexity index is 685. The first-order chi connectivity index (χ1) is 11.5. The van der Waals surface area contributed by atoms with Crippen LogP contribution < -0.4 is 11.1 Å². The van der Waals surface area contributed by atoms with Crippen molar-refractivity contribution in [3.05, 3.63) is 59.5 Å². The lowest BCUT2D eigenvalue weighted by atomic mass is 10.0. The maximum Gasteiger partial charge on any atom is 0.308 e. The Hall–Kier alpha value is -2.31. The molecule has 1 unspecified atom stereocenters. The van der Waals surface area contributed by atoms with Gasteiger partial charge >= 0.3 is 5.97 Å². The molecule has 0 spiro atoms. The Balaban J connectivity index is 0.00000312. The number of halogens is 1. The van der Waals surface area contributed by atoms with Crippen LogP contribution in [0.2, 0.25) is 0 Å². The number of furan rings is 1. The average Bonchev–Trinajstić information content (AvgIpc) is 3.03. The zero-order valence-corrected chi connectivity index (χ0v) is 15.0. The molecule has 3 N–H and O–H groups in total. The van der Waals surface area contributed by atoms with Crippen LogP contribution >= 0.6 is 12.4 Å². The Morgan fingerprint density at radius 2 is 1.92 bits per heavy atom. The van der Waals surface area contributed by atoms with Gasteiger partial charge in [-0.1, -0.05) is 30.3 Å². The first-order valence-electron chi connectivity index (χ1n) is 7.82. The van der Waals surface area contributed by atoms with Gasteiger partial charge in [0.25, 0.3) is 5.91 Å². The highest BCUT2D eigenvalue weighted by Gasteiger charge is 2.21. The third kappa shape index (κ3) is 6.25. The summed E-state index contributed by atoms with van der Waals surface area (Å²) in [5.74, 6) is -0.172. The van der Waals surface area contributed by atoms with E-state index in [1.54, 1.807) is 19.9 Å². The van der Waals surface area contributed by atoms with E-state index in [0.717, 1.165) is 5.56 Å². The zero-order valence-electron chi connectivity index (χ0n) is 14.2. The van der Waals surface area contributed by atoms with E-state index in [2.05, 4.69) is 5.32 Å². The van der Waals surface area contributed by atoms with Crippen molar-refractivity contribution in [1.82, 2.24) is 5.32 Å². The second-order valence-electron chi connectivity index (χ2n) is 5.69. The lowest BCUT2D eigenvalue weighted by Gasteiger charge is -2.19. The minimum absolute atomic E-state index is 0. The Morgan fingerprint density at radius 3 is 2.48 bits per heavy atom. The van der Waals surface area contributed by atoms with Crippen molar-refractivity contribution in [3.63, 3.8) is 0 Å². The first-order valence-corrected chi connectivity index (χ1v) is 7.82. The number of benzene rings is 1. The standard InChI is InChI=1S/C18H22N2O4.ClH/c1-12(2)24-17(21)9-16(13-6-4-3-5-7-13)20-18(22)14-8-15(10-19)23-11-14;/h3-8,11-12,16H,9-10,19H2,1-2H3,(H,20,22);1H. The van der Waals surface area contributed by atoms with Gasteiger partial charge in [0.15, 0.2) is 0 Å². The monoisotopic (exact) mass is 366 g/mol. The second kappa shape index (κ2) is 9.86. The van der Waals surface area contributed by atoms with Gasteiger partial charge in [0.05, 0.1) is 30.7 Å². The van der Waals surface area contributed by atoms with Crippen LogP contribution in [0.15, 0.2) is 47.1 Å². The molecule has 0 saturated heterocycles. The molecule has 1 amide bonds. The predicted octanol–water partition coefficient (Wildman–Crippen LogP) is 2.97. The maximum atomic E-state index is 12.4. The molecule has 0 fully saturated rings. The van der Waals surface area contributed by atoms with Crippen LogP contribution in [-0.2, 0) is 16.1 Å². The van der Waals surface area contributed by atoms with Crippen LogP contribution in [0.4, 0.5) is 0 Å². The first kappa shape index (κ1) is 20.7. The van der Waals surface area contributed by atoms with Gasteiger partial charge in [0.1, 0.15) is 12.0 Å². The van der Waals surface area contributed by atoms with E-state index in [0.29, 0.717) is 11.3 Å². The number of ether oxygens (including phenoxy) is 1. The highest BCUT2D eigenvalue weighted by molar-refractivity contribution is 5.94. The Kier molecular flexibility index (Phi) is 8.18. The number of rotatable bonds is 7. The summed E-state index contributed by atoms with van der Waals surface area (Å²) in [5, 5.41) is 2.85. The number of hydrogen-bond donors (Lipinski definition) is 2. The summed E-state index contributed by atoms with van der Waals surface area (Å²) in [6, 6.07) is 10.4. The molecule has 2 aromatic rings. The highest BCUT2D eigenvalue weighted by Crippen LogP contribution is 2.19. The fraction of sp³-hybridized carbons (Fsp3) is 0.333. The molecular formula is C18H23ClN2O4. The second-order valence-corrected chi connectivity index (χ2v) is 5.69. The minimum atomic E-state index is -0.485. The third-order valence-electron chi connectivity index (χ3n) is 3.36. The molecule has 7 heteroatoms. The number of hydrogen-bond acceptors (Lipinski definition) is 5. The third-order valence-corrected chi connectivity index (χ3v) is 3.36.